The SMILES string of the molecule is CCCN(CCC)[SiH](I)I. The monoisotopic (exact) mass is 383 g/mol. The molecule has 0 bridgehead atoms. The molecular formula is C6H15I2NSi. The van der Waals surface area contributed by atoms with Gasteiger partial charge in [-0.1, -0.05) is 57.4 Å². The van der Waals surface area contributed by atoms with Crippen molar-refractivity contribution in [2.45, 2.75) is 26.7 Å². The van der Waals surface area contributed by atoms with Crippen molar-refractivity contribution in [1.29, 1.82) is 0 Å². The van der Waals surface area contributed by atoms with Crippen LogP contribution in [0.1, 0.15) is 26.7 Å². The lowest BCUT2D eigenvalue weighted by atomic mass is 10.4. The highest BCUT2D eigenvalue weighted by Gasteiger charge is 2.10. The van der Waals surface area contributed by atoms with Crippen LogP contribution in [0.25, 0.3) is 0 Å². The molecule has 0 unspecified atom stereocenters. The smallest absolute Gasteiger partial charge is 0.247 e. The second-order valence-electron chi connectivity index (χ2n) is 2.31. The van der Waals surface area contributed by atoms with Crippen molar-refractivity contribution in [3.05, 3.63) is 0 Å². The van der Waals surface area contributed by atoms with Gasteiger partial charge in [0.1, 0.15) is 0 Å². The lowest BCUT2D eigenvalue weighted by Gasteiger charge is -2.21. The summed E-state index contributed by atoms with van der Waals surface area (Å²) < 4.78 is 2.09. The molecule has 0 N–H and O–H groups in total. The maximum absolute atomic E-state index is 2.64. The zero-order chi connectivity index (χ0) is 7.98. The average Bonchev–Trinajstić information content (AvgIpc) is 1.87. The van der Waals surface area contributed by atoms with Gasteiger partial charge in [0.25, 0.3) is 0 Å². The topological polar surface area (TPSA) is 3.24 Å². The predicted octanol–water partition coefficient (Wildman–Crippen LogP) is 2.70. The van der Waals surface area contributed by atoms with Crippen molar-refractivity contribution < 1.29 is 0 Å². The summed E-state index contributed by atoms with van der Waals surface area (Å²) in [6.45, 7) is 7.12. The molecule has 0 aliphatic carbocycles. The van der Waals surface area contributed by atoms with Crippen molar-refractivity contribution in [1.82, 2.24) is 4.57 Å². The van der Waals surface area contributed by atoms with Gasteiger partial charge in [-0.25, -0.2) is 0 Å². The second-order valence-corrected chi connectivity index (χ2v) is 17.8. The lowest BCUT2D eigenvalue weighted by molar-refractivity contribution is 0.448. The molecule has 0 amide bonds. The van der Waals surface area contributed by atoms with Crippen LogP contribution in [-0.4, -0.2) is 21.6 Å². The van der Waals surface area contributed by atoms with Gasteiger partial charge in [0.2, 0.25) is 3.95 Å². The Bertz CT molecular complexity index is 74.1. The van der Waals surface area contributed by atoms with Crippen LogP contribution in [0.5, 0.6) is 0 Å². The Morgan fingerprint density at radius 2 is 1.50 bits per heavy atom. The Morgan fingerprint density at radius 1 is 1.10 bits per heavy atom. The van der Waals surface area contributed by atoms with Crippen LogP contribution >= 0.6 is 43.6 Å². The first kappa shape index (κ1) is 11.6. The van der Waals surface area contributed by atoms with E-state index in [1.165, 1.54) is 25.9 Å². The summed E-state index contributed by atoms with van der Waals surface area (Å²) in [4.78, 5) is 0. The van der Waals surface area contributed by atoms with E-state index in [1.807, 2.05) is 0 Å². The minimum Gasteiger partial charge on any atom is -0.311 e. The van der Waals surface area contributed by atoms with Crippen LogP contribution in [0, 0.1) is 0 Å². The molecule has 0 fully saturated rings. The number of rotatable bonds is 5. The normalized spacial score (nSPS) is 11.4. The fraction of sp³-hybridized carbons (Fsp3) is 1.00. The Morgan fingerprint density at radius 3 is 1.70 bits per heavy atom. The minimum absolute atomic E-state index is 0.547. The van der Waals surface area contributed by atoms with Crippen molar-refractivity contribution in [3.63, 3.8) is 0 Å². The molecule has 4 heteroatoms. The van der Waals surface area contributed by atoms with Crippen LogP contribution in [0.4, 0.5) is 0 Å². The first-order valence-electron chi connectivity index (χ1n) is 3.74. The molecule has 1 nitrogen and oxygen atoms in total. The van der Waals surface area contributed by atoms with Gasteiger partial charge in [-0.15, -0.1) is 0 Å². The van der Waals surface area contributed by atoms with E-state index in [1.54, 1.807) is 0 Å². The fourth-order valence-electron chi connectivity index (χ4n) is 0.881. The van der Waals surface area contributed by atoms with Gasteiger partial charge in [0.15, 0.2) is 0 Å². The molecule has 0 rings (SSSR count). The first-order chi connectivity index (χ1) is 4.72. The minimum atomic E-state index is -0.547. The zero-order valence-electron chi connectivity index (χ0n) is 6.61. The number of nitrogens with zero attached hydrogens (tertiary/aromatic N) is 1. The molecule has 0 saturated carbocycles. The quantitative estimate of drug-likeness (QED) is 0.401. The summed E-state index contributed by atoms with van der Waals surface area (Å²) in [5, 5.41) is 0. The fourth-order valence-corrected chi connectivity index (χ4v) is 5.13. The van der Waals surface area contributed by atoms with E-state index >= 15 is 0 Å². The summed E-state index contributed by atoms with van der Waals surface area (Å²) >= 11 is 5.21. The van der Waals surface area contributed by atoms with Gasteiger partial charge in [-0.05, 0) is 25.9 Å². The molecule has 0 aromatic carbocycles. The molecule has 0 aromatic rings. The Kier molecular flexibility index (Phi) is 8.49. The third kappa shape index (κ3) is 5.31. The highest BCUT2D eigenvalue weighted by Crippen LogP contribution is 2.11. The molecule has 0 aliphatic rings. The van der Waals surface area contributed by atoms with Crippen molar-refractivity contribution in [3.8, 4) is 0 Å². The number of hydrogen-bond donors (Lipinski definition) is 0. The molecule has 0 atom stereocenters. The van der Waals surface area contributed by atoms with E-state index in [4.69, 9.17) is 0 Å². The predicted molar refractivity (Wildman–Crippen MR) is 67.3 cm³/mol. The van der Waals surface area contributed by atoms with Crippen molar-refractivity contribution in [2.24, 2.45) is 0 Å². The van der Waals surface area contributed by atoms with Crippen LogP contribution in [0.3, 0.4) is 0 Å². The van der Waals surface area contributed by atoms with E-state index in [0.717, 1.165) is 0 Å². The first-order valence-corrected chi connectivity index (χ1v) is 12.6. The summed E-state index contributed by atoms with van der Waals surface area (Å²) in [7, 11) is 0. The number of halogens is 2. The summed E-state index contributed by atoms with van der Waals surface area (Å²) in [5.41, 5.74) is 0. The summed E-state index contributed by atoms with van der Waals surface area (Å²) in [6, 6.07) is 0. The zero-order valence-corrected chi connectivity index (χ0v) is 12.1. The largest absolute Gasteiger partial charge is 0.311 e. The van der Waals surface area contributed by atoms with Gasteiger partial charge in [0, 0.05) is 0 Å². The standard InChI is InChI=1S/C6H15I2NSi/c1-3-5-9(6-4-2)10(7)8/h10H,3-6H2,1-2H3. The maximum Gasteiger partial charge on any atom is 0.247 e. The van der Waals surface area contributed by atoms with Gasteiger partial charge < -0.3 is 4.57 Å². The van der Waals surface area contributed by atoms with Gasteiger partial charge in [-0.2, -0.15) is 0 Å². The molecule has 0 radical (unpaired) electrons. The maximum atomic E-state index is 2.64. The van der Waals surface area contributed by atoms with Crippen LogP contribution in [0.2, 0.25) is 0 Å². The Balaban J connectivity index is 3.50. The lowest BCUT2D eigenvalue weighted by Crippen LogP contribution is -2.31. The van der Waals surface area contributed by atoms with Gasteiger partial charge in [0.05, 0.1) is 0 Å². The third-order valence-electron chi connectivity index (χ3n) is 1.30. The molecular weight excluding hydrogens is 368 g/mol. The Hall–Kier alpha value is 1.64. The van der Waals surface area contributed by atoms with Crippen molar-refractivity contribution in [2.75, 3.05) is 13.1 Å². The molecule has 0 aromatic heterocycles. The average molecular weight is 383 g/mol. The highest BCUT2D eigenvalue weighted by atomic mass is 127. The van der Waals surface area contributed by atoms with E-state index in [2.05, 4.69) is 62.0 Å². The van der Waals surface area contributed by atoms with Crippen LogP contribution in [0.15, 0.2) is 0 Å². The summed E-state index contributed by atoms with van der Waals surface area (Å²) in [5.74, 6) is 0. The van der Waals surface area contributed by atoms with E-state index in [9.17, 15) is 0 Å². The van der Waals surface area contributed by atoms with E-state index < -0.39 is 3.95 Å². The molecule has 0 aliphatic heterocycles. The third-order valence-corrected chi connectivity index (χ3v) is 7.09. The molecule has 0 heterocycles. The van der Waals surface area contributed by atoms with E-state index in [0.29, 0.717) is 0 Å². The van der Waals surface area contributed by atoms with E-state index in [-0.39, 0.29) is 0 Å². The second kappa shape index (κ2) is 7.29. The molecule has 62 valence electrons. The van der Waals surface area contributed by atoms with Crippen molar-refractivity contribution >= 4 is 47.5 Å². The van der Waals surface area contributed by atoms with Crippen LogP contribution in [-0.2, 0) is 0 Å². The van der Waals surface area contributed by atoms with Gasteiger partial charge >= 0.3 is 0 Å². The summed E-state index contributed by atoms with van der Waals surface area (Å²) in [6.07, 6.45) is 2.60. The molecule has 0 spiro atoms. The highest BCUT2D eigenvalue weighted by molar-refractivity contribution is 14.3. The molecule has 10 heavy (non-hydrogen) atoms. The van der Waals surface area contributed by atoms with Gasteiger partial charge in [-0.3, -0.25) is 0 Å². The molecule has 0 saturated heterocycles. The number of hydrogen-bond acceptors (Lipinski definition) is 1. The van der Waals surface area contributed by atoms with Crippen LogP contribution < -0.4 is 0 Å². The Labute approximate surface area is 91.1 Å².